The zero-order valence-corrected chi connectivity index (χ0v) is 14.3. The second-order valence-electron chi connectivity index (χ2n) is 4.85. The molecule has 0 amide bonds. The molecule has 0 radical (unpaired) electrons. The summed E-state index contributed by atoms with van der Waals surface area (Å²) in [4.78, 5) is 16.6. The van der Waals surface area contributed by atoms with Crippen molar-refractivity contribution in [1.29, 1.82) is 0 Å². The van der Waals surface area contributed by atoms with Crippen LogP contribution in [-0.4, -0.2) is 36.6 Å². The van der Waals surface area contributed by atoms with Gasteiger partial charge >= 0.3 is 0 Å². The van der Waals surface area contributed by atoms with E-state index in [1.54, 1.807) is 12.1 Å². The van der Waals surface area contributed by atoms with Gasteiger partial charge < -0.3 is 19.7 Å². The topological polar surface area (TPSA) is 89.2 Å². The summed E-state index contributed by atoms with van der Waals surface area (Å²) >= 11 is 12.2. The molecule has 0 saturated heterocycles. The number of ether oxygens (including phenoxy) is 3. The lowest BCUT2D eigenvalue weighted by atomic mass is 10.0. The van der Waals surface area contributed by atoms with Gasteiger partial charge in [0.15, 0.2) is 17.3 Å². The van der Waals surface area contributed by atoms with Crippen LogP contribution in [0.15, 0.2) is 24.5 Å². The molecule has 6 nitrogen and oxygen atoms in total. The highest BCUT2D eigenvalue weighted by Crippen LogP contribution is 2.42. The first-order valence-corrected chi connectivity index (χ1v) is 7.65. The summed E-state index contributed by atoms with van der Waals surface area (Å²) in [5.74, 6) is 1.18. The molecule has 1 aromatic carbocycles. The monoisotopic (exact) mass is 371 g/mol. The molecule has 2 heterocycles. The molecule has 8 heteroatoms. The van der Waals surface area contributed by atoms with Gasteiger partial charge in [-0.15, -0.1) is 0 Å². The summed E-state index contributed by atoms with van der Waals surface area (Å²) < 4.78 is 16.4. The van der Waals surface area contributed by atoms with Crippen LogP contribution in [0.25, 0.3) is 0 Å². The van der Waals surface area contributed by atoms with E-state index >= 15 is 0 Å². The fraction of sp³-hybridized carbons (Fsp3) is 0.250. The van der Waals surface area contributed by atoms with Gasteiger partial charge in [0, 0.05) is 24.4 Å². The van der Waals surface area contributed by atoms with E-state index in [1.807, 2.05) is 0 Å². The van der Waals surface area contributed by atoms with E-state index in [4.69, 9.17) is 37.4 Å². The first kappa shape index (κ1) is 18.3. The van der Waals surface area contributed by atoms with E-state index in [-0.39, 0.29) is 17.7 Å². The Balaban J connectivity index is 0.00000208. The number of Topliss-reactive ketones (excluding diaryl/α,β-unsaturated/α-hetero) is 1. The van der Waals surface area contributed by atoms with Crippen LogP contribution in [0.4, 0.5) is 0 Å². The molecule has 2 N–H and O–H groups in total. The van der Waals surface area contributed by atoms with Gasteiger partial charge in [0.25, 0.3) is 0 Å². The lowest BCUT2D eigenvalue weighted by molar-refractivity contribution is 0.0981. The zero-order valence-electron chi connectivity index (χ0n) is 12.8. The normalized spacial score (nSPS) is 12.3. The van der Waals surface area contributed by atoms with Gasteiger partial charge in [-0.25, -0.2) is 0 Å². The minimum atomic E-state index is -0.176. The maximum atomic E-state index is 12.7. The average molecular weight is 372 g/mol. The Bertz CT molecular complexity index is 746. The Morgan fingerprint density at radius 3 is 2.42 bits per heavy atom. The molecule has 0 atom stereocenters. The number of hydrogen-bond acceptors (Lipinski definition) is 5. The van der Waals surface area contributed by atoms with Crippen molar-refractivity contribution in [2.75, 3.05) is 20.3 Å². The van der Waals surface area contributed by atoms with Crippen molar-refractivity contribution in [3.05, 3.63) is 45.7 Å². The van der Waals surface area contributed by atoms with Crippen LogP contribution in [0.1, 0.15) is 15.9 Å². The predicted octanol–water partition coefficient (Wildman–Crippen LogP) is 2.77. The van der Waals surface area contributed by atoms with Crippen LogP contribution in [0, 0.1) is 0 Å². The summed E-state index contributed by atoms with van der Waals surface area (Å²) in [5.41, 5.74) is 0.944. The van der Waals surface area contributed by atoms with Gasteiger partial charge in [-0.05, 0) is 12.1 Å². The van der Waals surface area contributed by atoms with E-state index in [1.165, 1.54) is 19.5 Å². The van der Waals surface area contributed by atoms with Crippen LogP contribution in [0.3, 0.4) is 0 Å². The number of carbonyl (C=O) groups is 1. The smallest absolute Gasteiger partial charge is 0.204 e. The lowest BCUT2D eigenvalue weighted by Crippen LogP contribution is -2.19. The second-order valence-corrected chi connectivity index (χ2v) is 5.67. The van der Waals surface area contributed by atoms with E-state index in [9.17, 15) is 4.79 Å². The fourth-order valence-electron chi connectivity index (χ4n) is 2.36. The number of hydrogen-bond donors (Lipinski definition) is 0. The van der Waals surface area contributed by atoms with Crippen molar-refractivity contribution < 1.29 is 24.5 Å². The molecule has 1 aliphatic heterocycles. The Morgan fingerprint density at radius 1 is 1.17 bits per heavy atom. The molecule has 0 fully saturated rings. The number of carbonyl (C=O) groups excluding carboxylic acids is 1. The molecule has 1 aromatic heterocycles. The van der Waals surface area contributed by atoms with E-state index < -0.39 is 0 Å². The molecule has 24 heavy (non-hydrogen) atoms. The number of benzene rings is 1. The molecule has 3 rings (SSSR count). The van der Waals surface area contributed by atoms with Crippen LogP contribution < -0.4 is 14.2 Å². The van der Waals surface area contributed by atoms with E-state index in [0.717, 1.165) is 0 Å². The second kappa shape index (κ2) is 7.70. The van der Waals surface area contributed by atoms with Gasteiger partial charge in [0.05, 0.1) is 22.7 Å². The largest absolute Gasteiger partial charge is 0.493 e. The molecule has 1 aliphatic rings. The number of nitrogens with zero attached hydrogens (tertiary/aromatic N) is 1. The molecule has 0 saturated carbocycles. The molecule has 0 spiro atoms. The highest BCUT2D eigenvalue weighted by Gasteiger charge is 2.25. The summed E-state index contributed by atoms with van der Waals surface area (Å²) in [6.07, 6.45) is 2.96. The number of rotatable bonds is 4. The number of aromatic nitrogens is 1. The molecular formula is C16H15Cl2NO5. The summed E-state index contributed by atoms with van der Waals surface area (Å²) in [6.45, 7) is 0.778. The van der Waals surface area contributed by atoms with Crippen molar-refractivity contribution in [3.8, 4) is 17.2 Å². The Morgan fingerprint density at radius 2 is 1.79 bits per heavy atom. The third-order valence-electron chi connectivity index (χ3n) is 3.46. The number of ketones is 1. The lowest BCUT2D eigenvalue weighted by Gasteiger charge is -2.22. The molecule has 0 unspecified atom stereocenters. The summed E-state index contributed by atoms with van der Waals surface area (Å²) in [5, 5.41) is 0.704. The Hall–Kier alpha value is -2.02. The van der Waals surface area contributed by atoms with Crippen molar-refractivity contribution in [2.45, 2.75) is 6.42 Å². The minimum Gasteiger partial charge on any atom is -0.493 e. The molecule has 128 valence electrons. The van der Waals surface area contributed by atoms with Gasteiger partial charge in [0.2, 0.25) is 5.75 Å². The number of pyridine rings is 1. The first-order valence-electron chi connectivity index (χ1n) is 6.89. The number of fused-ring (bicyclic) bond motifs is 1. The SMILES string of the molecule is COc1ccc(C(=O)Cc2c(Cl)cncc2Cl)c2c1OCCO2.O. The number of halogens is 2. The summed E-state index contributed by atoms with van der Waals surface area (Å²) in [7, 11) is 1.53. The molecule has 2 aromatic rings. The van der Waals surface area contributed by atoms with Gasteiger partial charge in [-0.2, -0.15) is 0 Å². The van der Waals surface area contributed by atoms with Crippen molar-refractivity contribution >= 4 is 29.0 Å². The van der Waals surface area contributed by atoms with Crippen LogP contribution >= 0.6 is 23.2 Å². The van der Waals surface area contributed by atoms with Crippen molar-refractivity contribution in [3.63, 3.8) is 0 Å². The van der Waals surface area contributed by atoms with Gasteiger partial charge in [-0.3, -0.25) is 9.78 Å². The predicted molar refractivity (Wildman–Crippen MR) is 89.9 cm³/mol. The maximum Gasteiger partial charge on any atom is 0.204 e. The van der Waals surface area contributed by atoms with E-state index in [2.05, 4.69) is 4.98 Å². The molecule has 0 bridgehead atoms. The maximum absolute atomic E-state index is 12.7. The Kier molecular flexibility index (Phi) is 5.88. The van der Waals surface area contributed by atoms with Gasteiger partial charge in [-0.1, -0.05) is 23.2 Å². The van der Waals surface area contributed by atoms with Crippen molar-refractivity contribution in [2.24, 2.45) is 0 Å². The third kappa shape index (κ3) is 3.40. The summed E-state index contributed by atoms with van der Waals surface area (Å²) in [6, 6.07) is 3.33. The number of methoxy groups -OCH3 is 1. The van der Waals surface area contributed by atoms with Crippen LogP contribution in [0.2, 0.25) is 10.0 Å². The molecule has 0 aliphatic carbocycles. The van der Waals surface area contributed by atoms with Gasteiger partial charge in [0.1, 0.15) is 13.2 Å². The Labute approximate surface area is 148 Å². The van der Waals surface area contributed by atoms with Crippen molar-refractivity contribution in [1.82, 2.24) is 4.98 Å². The van der Waals surface area contributed by atoms with Crippen LogP contribution in [0.5, 0.6) is 17.2 Å². The molecular weight excluding hydrogens is 357 g/mol. The highest BCUT2D eigenvalue weighted by atomic mass is 35.5. The quantitative estimate of drug-likeness (QED) is 0.770. The fourth-order valence-corrected chi connectivity index (χ4v) is 2.85. The third-order valence-corrected chi connectivity index (χ3v) is 4.11. The highest BCUT2D eigenvalue weighted by molar-refractivity contribution is 6.36. The zero-order chi connectivity index (χ0) is 16.4. The standard InChI is InChI=1S/C16H13Cl2NO4.H2O/c1-21-14-3-2-9(15-16(14)23-5-4-22-15)13(20)6-10-11(17)7-19-8-12(10)18;/h2-3,7-8H,4-6H2,1H3;1H2. The van der Waals surface area contributed by atoms with Crippen LogP contribution in [-0.2, 0) is 6.42 Å². The first-order chi connectivity index (χ1) is 11.1. The van der Waals surface area contributed by atoms with E-state index in [0.29, 0.717) is 51.6 Å². The average Bonchev–Trinajstić information content (AvgIpc) is 2.57. The minimum absolute atomic E-state index is 0.